The van der Waals surface area contributed by atoms with E-state index >= 15 is 0 Å². The Labute approximate surface area is 127 Å². The van der Waals surface area contributed by atoms with Gasteiger partial charge in [-0.05, 0) is 57.9 Å². The van der Waals surface area contributed by atoms with Gasteiger partial charge in [-0.15, -0.1) is 0 Å². The Morgan fingerprint density at radius 2 is 1.95 bits per heavy atom. The van der Waals surface area contributed by atoms with Gasteiger partial charge < -0.3 is 4.74 Å². The number of hydrogen-bond acceptors (Lipinski definition) is 2. The monoisotopic (exact) mass is 319 g/mol. The van der Waals surface area contributed by atoms with Crippen LogP contribution in [0, 0.1) is 6.92 Å². The topological polar surface area (TPSA) is 38.3 Å². The number of rotatable bonds is 6. The zero-order chi connectivity index (χ0) is 16.2. The largest absolute Gasteiger partial charge is 0.488 e. The molecule has 120 valence electrons. The molecule has 1 unspecified atom stereocenters. The lowest BCUT2D eigenvalue weighted by atomic mass is 10.0. The fourth-order valence-corrected chi connectivity index (χ4v) is 2.59. The first-order valence-electron chi connectivity index (χ1n) is 6.81. The van der Waals surface area contributed by atoms with Crippen LogP contribution in [-0.4, -0.2) is 22.0 Å². The van der Waals surface area contributed by atoms with E-state index in [1.807, 2.05) is 40.7 Å². The maximum Gasteiger partial charge on any atom is 0.272 e. The Bertz CT molecular complexity index is 501. The second kappa shape index (κ2) is 7.31. The molecule has 0 bridgehead atoms. The molecular formula is C15H23F2NO2S. The second-order valence-corrected chi connectivity index (χ2v) is 7.94. The second-order valence-electron chi connectivity index (χ2n) is 5.94. The molecule has 2 atom stereocenters. The number of alkyl halides is 2. The quantitative estimate of drug-likeness (QED) is 0.867. The fraction of sp³-hybridized carbons (Fsp3) is 0.600. The van der Waals surface area contributed by atoms with Gasteiger partial charge in [0.15, 0.2) is 0 Å². The van der Waals surface area contributed by atoms with Crippen molar-refractivity contribution in [1.82, 2.24) is 4.72 Å². The molecule has 1 N–H and O–H groups in total. The van der Waals surface area contributed by atoms with Gasteiger partial charge in [-0.3, -0.25) is 0 Å². The van der Waals surface area contributed by atoms with Gasteiger partial charge in [0, 0.05) is 6.04 Å². The molecule has 1 aromatic carbocycles. The minimum atomic E-state index is -2.49. The van der Waals surface area contributed by atoms with Crippen LogP contribution in [0.1, 0.15) is 44.9 Å². The van der Waals surface area contributed by atoms with E-state index in [0.29, 0.717) is 5.75 Å². The number of nitrogens with one attached hydrogen (secondary N) is 1. The first-order valence-corrected chi connectivity index (χ1v) is 7.95. The zero-order valence-electron chi connectivity index (χ0n) is 13.1. The minimum Gasteiger partial charge on any atom is -0.488 e. The Hall–Kier alpha value is -1.01. The van der Waals surface area contributed by atoms with Crippen LogP contribution in [0.15, 0.2) is 18.2 Å². The van der Waals surface area contributed by atoms with Gasteiger partial charge in [-0.2, -0.15) is 0 Å². The number of halogens is 2. The Morgan fingerprint density at radius 1 is 1.33 bits per heavy atom. The third-order valence-corrected chi connectivity index (χ3v) is 4.60. The van der Waals surface area contributed by atoms with E-state index in [1.54, 1.807) is 12.1 Å². The third-order valence-electron chi connectivity index (χ3n) is 2.92. The van der Waals surface area contributed by atoms with Crippen molar-refractivity contribution in [3.05, 3.63) is 29.3 Å². The summed E-state index contributed by atoms with van der Waals surface area (Å²) in [6.07, 6.45) is -2.49. The minimum absolute atomic E-state index is 0.103. The molecule has 0 radical (unpaired) electrons. The molecule has 0 amide bonds. The van der Waals surface area contributed by atoms with Crippen molar-refractivity contribution < 1.29 is 17.7 Å². The number of benzene rings is 1. The molecule has 21 heavy (non-hydrogen) atoms. The van der Waals surface area contributed by atoms with E-state index in [2.05, 4.69) is 4.72 Å². The summed E-state index contributed by atoms with van der Waals surface area (Å²) in [5, 5.41) is 0. The van der Waals surface area contributed by atoms with Crippen molar-refractivity contribution in [3.63, 3.8) is 0 Å². The summed E-state index contributed by atoms with van der Waals surface area (Å²) in [6, 6.07) is 5.08. The molecule has 0 fully saturated rings. The molecule has 0 aliphatic rings. The van der Waals surface area contributed by atoms with Crippen LogP contribution in [-0.2, 0) is 11.0 Å². The molecule has 0 heterocycles. The Kier molecular flexibility index (Phi) is 6.28. The molecule has 0 spiro atoms. The Balaban J connectivity index is 2.77. The molecule has 0 aliphatic carbocycles. The number of ether oxygens (including phenoxy) is 1. The van der Waals surface area contributed by atoms with E-state index in [9.17, 15) is 13.0 Å². The predicted octanol–water partition coefficient (Wildman–Crippen LogP) is 3.75. The lowest BCUT2D eigenvalue weighted by Crippen LogP contribution is -2.35. The maximum absolute atomic E-state index is 12.1. The summed E-state index contributed by atoms with van der Waals surface area (Å²) in [5.74, 6) is 0.417. The van der Waals surface area contributed by atoms with Crippen molar-refractivity contribution >= 4 is 11.0 Å². The van der Waals surface area contributed by atoms with Crippen molar-refractivity contribution in [1.29, 1.82) is 0 Å². The van der Waals surface area contributed by atoms with Crippen LogP contribution < -0.4 is 9.46 Å². The molecule has 0 saturated heterocycles. The maximum atomic E-state index is 12.1. The highest BCUT2D eigenvalue weighted by atomic mass is 32.2. The van der Waals surface area contributed by atoms with Crippen molar-refractivity contribution in [2.24, 2.45) is 0 Å². The average molecular weight is 319 g/mol. The van der Waals surface area contributed by atoms with Gasteiger partial charge in [0.05, 0.1) is 15.7 Å². The molecular weight excluding hydrogens is 296 g/mol. The van der Waals surface area contributed by atoms with Gasteiger partial charge in [0.2, 0.25) is 0 Å². The van der Waals surface area contributed by atoms with Gasteiger partial charge in [-0.1, -0.05) is 6.07 Å². The summed E-state index contributed by atoms with van der Waals surface area (Å²) < 4.78 is 44.0. The van der Waals surface area contributed by atoms with Crippen LogP contribution in [0.2, 0.25) is 0 Å². The summed E-state index contributed by atoms with van der Waals surface area (Å²) in [6.45, 7) is 8.89. The lowest BCUT2D eigenvalue weighted by molar-refractivity contribution is 0.0818. The summed E-state index contributed by atoms with van der Waals surface area (Å²) in [4.78, 5) is 0. The van der Waals surface area contributed by atoms with Crippen molar-refractivity contribution in [2.45, 2.75) is 51.8 Å². The van der Waals surface area contributed by atoms with Gasteiger partial charge >= 0.3 is 0 Å². The van der Waals surface area contributed by atoms with Gasteiger partial charge in [0.25, 0.3) is 6.43 Å². The van der Waals surface area contributed by atoms with Crippen LogP contribution >= 0.6 is 0 Å². The molecule has 1 aromatic rings. The highest BCUT2D eigenvalue weighted by Crippen LogP contribution is 2.24. The van der Waals surface area contributed by atoms with Crippen molar-refractivity contribution in [3.8, 4) is 5.75 Å². The summed E-state index contributed by atoms with van der Waals surface area (Å²) >= 11 is 0. The normalized spacial score (nSPS) is 15.0. The third kappa shape index (κ3) is 5.71. The molecule has 0 aromatic heterocycles. The SMILES string of the molecule is Cc1cc(OCC(F)F)ccc1C(C)N[S@](=O)C(C)(C)C. The highest BCUT2D eigenvalue weighted by Gasteiger charge is 2.22. The molecule has 0 saturated carbocycles. The van der Waals surface area contributed by atoms with E-state index in [1.165, 1.54) is 0 Å². The van der Waals surface area contributed by atoms with E-state index < -0.39 is 24.0 Å². The molecule has 6 heteroatoms. The smallest absolute Gasteiger partial charge is 0.272 e. The van der Waals surface area contributed by atoms with E-state index in [-0.39, 0.29) is 10.8 Å². The predicted molar refractivity (Wildman–Crippen MR) is 82.1 cm³/mol. The van der Waals surface area contributed by atoms with Gasteiger partial charge in [0.1, 0.15) is 12.4 Å². The number of aryl methyl sites for hydroxylation is 1. The van der Waals surface area contributed by atoms with Crippen molar-refractivity contribution in [2.75, 3.05) is 6.61 Å². The van der Waals surface area contributed by atoms with Crippen LogP contribution in [0.3, 0.4) is 0 Å². The fourth-order valence-electron chi connectivity index (χ4n) is 1.78. The standard InChI is InChI=1S/C15H23F2NO2S/c1-10-8-12(20-9-14(16)17)6-7-13(10)11(2)18-21(19)15(3,4)5/h6-8,11,14,18H,9H2,1-5H3/t11?,21-/m1/s1. The van der Waals surface area contributed by atoms with Crippen LogP contribution in [0.5, 0.6) is 5.75 Å². The summed E-state index contributed by atoms with van der Waals surface area (Å²) in [5.41, 5.74) is 1.88. The Morgan fingerprint density at radius 3 is 2.43 bits per heavy atom. The molecule has 3 nitrogen and oxygen atoms in total. The molecule has 1 rings (SSSR count). The zero-order valence-corrected chi connectivity index (χ0v) is 13.9. The molecule has 0 aliphatic heterocycles. The average Bonchev–Trinajstić information content (AvgIpc) is 2.34. The van der Waals surface area contributed by atoms with E-state index in [4.69, 9.17) is 4.74 Å². The highest BCUT2D eigenvalue weighted by molar-refractivity contribution is 7.84. The number of hydrogen-bond donors (Lipinski definition) is 1. The first kappa shape index (κ1) is 18.0. The summed E-state index contributed by atoms with van der Waals surface area (Å²) in [7, 11) is -1.17. The van der Waals surface area contributed by atoms with Crippen LogP contribution in [0.4, 0.5) is 8.78 Å². The van der Waals surface area contributed by atoms with E-state index in [0.717, 1.165) is 11.1 Å². The van der Waals surface area contributed by atoms with Gasteiger partial charge in [-0.25, -0.2) is 17.7 Å². The van der Waals surface area contributed by atoms with Crippen LogP contribution in [0.25, 0.3) is 0 Å². The lowest BCUT2D eigenvalue weighted by Gasteiger charge is -2.23. The first-order chi connectivity index (χ1) is 9.61.